The smallest absolute Gasteiger partial charge is 0.342 e. The molecule has 1 saturated heterocycles. The highest BCUT2D eigenvalue weighted by Crippen LogP contribution is 2.35. The summed E-state index contributed by atoms with van der Waals surface area (Å²) in [4.78, 5) is 17.7. The largest absolute Gasteiger partial charge is 0.417 e. The van der Waals surface area contributed by atoms with Crippen molar-refractivity contribution in [3.63, 3.8) is 0 Å². The summed E-state index contributed by atoms with van der Waals surface area (Å²) in [5.41, 5.74) is -1.25. The number of alkyl halides is 3. The molecular formula is C18H20ClF3N4O4S. The van der Waals surface area contributed by atoms with Gasteiger partial charge in [-0.25, -0.2) is 13.1 Å². The van der Waals surface area contributed by atoms with Crippen LogP contribution in [0.15, 0.2) is 27.6 Å². The van der Waals surface area contributed by atoms with Gasteiger partial charge in [0.2, 0.25) is 21.8 Å². The van der Waals surface area contributed by atoms with Crippen LogP contribution in [-0.2, 0) is 21.0 Å². The van der Waals surface area contributed by atoms with E-state index in [4.69, 9.17) is 16.1 Å². The molecule has 3 rings (SSSR count). The third-order valence-electron chi connectivity index (χ3n) is 4.85. The molecule has 1 fully saturated rings. The highest BCUT2D eigenvalue weighted by molar-refractivity contribution is 7.89. The zero-order valence-corrected chi connectivity index (χ0v) is 18.0. The van der Waals surface area contributed by atoms with Gasteiger partial charge in [-0.2, -0.15) is 18.2 Å². The normalized spacial score (nSPS) is 17.7. The fourth-order valence-electron chi connectivity index (χ4n) is 3.31. The lowest BCUT2D eigenvalue weighted by Gasteiger charge is -2.31. The summed E-state index contributed by atoms with van der Waals surface area (Å²) in [6.07, 6.45) is -3.42. The second kappa shape index (κ2) is 9.13. The first-order valence-electron chi connectivity index (χ1n) is 9.42. The van der Waals surface area contributed by atoms with E-state index in [0.717, 1.165) is 25.0 Å². The van der Waals surface area contributed by atoms with Gasteiger partial charge in [-0.1, -0.05) is 16.8 Å². The highest BCUT2D eigenvalue weighted by Gasteiger charge is 2.34. The third kappa shape index (κ3) is 5.74. The molecule has 1 unspecified atom stereocenters. The lowest BCUT2D eigenvalue weighted by atomic mass is 9.97. The fraction of sp³-hybridized carbons (Fsp3) is 0.500. The van der Waals surface area contributed by atoms with E-state index in [1.54, 1.807) is 11.8 Å². The molecule has 1 N–H and O–H groups in total. The number of halogens is 4. The first-order chi connectivity index (χ1) is 14.5. The summed E-state index contributed by atoms with van der Waals surface area (Å²) >= 11 is 5.52. The Hall–Kier alpha value is -2.18. The van der Waals surface area contributed by atoms with E-state index in [1.807, 2.05) is 0 Å². The molecule has 1 aromatic carbocycles. The Kier molecular flexibility index (Phi) is 6.92. The number of hydrogen-bond acceptors (Lipinski definition) is 6. The number of aromatic nitrogens is 2. The van der Waals surface area contributed by atoms with E-state index in [9.17, 15) is 26.4 Å². The zero-order chi connectivity index (χ0) is 22.8. The number of rotatable bonds is 6. The molecule has 2 heterocycles. The molecular weight excluding hydrogens is 461 g/mol. The van der Waals surface area contributed by atoms with Gasteiger partial charge in [-0.15, -0.1) is 0 Å². The molecule has 0 radical (unpaired) electrons. The molecule has 0 spiro atoms. The molecule has 0 aliphatic carbocycles. The fourth-order valence-corrected chi connectivity index (χ4v) is 4.59. The van der Waals surface area contributed by atoms with Crippen molar-refractivity contribution >= 4 is 27.5 Å². The first-order valence-corrected chi connectivity index (χ1v) is 11.3. The van der Waals surface area contributed by atoms with Gasteiger partial charge >= 0.3 is 6.18 Å². The average Bonchev–Trinajstić information content (AvgIpc) is 3.13. The van der Waals surface area contributed by atoms with Crippen molar-refractivity contribution in [3.05, 3.63) is 40.5 Å². The van der Waals surface area contributed by atoms with Crippen molar-refractivity contribution in [2.24, 2.45) is 0 Å². The number of carbonyl (C=O) groups excluding carboxylic acids is 1. The van der Waals surface area contributed by atoms with Crippen LogP contribution in [0, 0.1) is 6.92 Å². The third-order valence-corrected chi connectivity index (χ3v) is 6.64. The number of sulfonamides is 1. The summed E-state index contributed by atoms with van der Waals surface area (Å²) in [5, 5.41) is 3.15. The lowest BCUT2D eigenvalue weighted by molar-refractivity contribution is -0.137. The molecule has 170 valence electrons. The van der Waals surface area contributed by atoms with Crippen molar-refractivity contribution in [1.82, 2.24) is 19.8 Å². The molecule has 0 saturated carbocycles. The van der Waals surface area contributed by atoms with E-state index in [1.165, 1.54) is 0 Å². The van der Waals surface area contributed by atoms with E-state index < -0.39 is 31.7 Å². The van der Waals surface area contributed by atoms with Gasteiger partial charge in [0.1, 0.15) is 0 Å². The Balaban J connectivity index is 1.58. The van der Waals surface area contributed by atoms with Crippen LogP contribution in [-0.4, -0.2) is 49.0 Å². The number of nitrogens with one attached hydrogen (secondary N) is 1. The second-order valence-corrected chi connectivity index (χ2v) is 9.32. The van der Waals surface area contributed by atoms with Gasteiger partial charge < -0.3 is 9.42 Å². The number of nitrogens with zero attached hydrogens (tertiary/aromatic N) is 3. The van der Waals surface area contributed by atoms with Gasteiger partial charge in [0.15, 0.2) is 5.82 Å². The van der Waals surface area contributed by atoms with Crippen LogP contribution in [0.3, 0.4) is 0 Å². The number of benzene rings is 1. The molecule has 1 amide bonds. The minimum Gasteiger partial charge on any atom is -0.342 e. The number of hydrogen-bond donors (Lipinski definition) is 1. The monoisotopic (exact) mass is 480 g/mol. The van der Waals surface area contributed by atoms with E-state index >= 15 is 0 Å². The van der Waals surface area contributed by atoms with Crippen LogP contribution >= 0.6 is 11.6 Å². The number of aryl methyl sites for hydroxylation is 1. The molecule has 8 nitrogen and oxygen atoms in total. The predicted molar refractivity (Wildman–Crippen MR) is 104 cm³/mol. The molecule has 1 aliphatic heterocycles. The molecule has 0 bridgehead atoms. The van der Waals surface area contributed by atoms with Crippen molar-refractivity contribution in [1.29, 1.82) is 0 Å². The zero-order valence-electron chi connectivity index (χ0n) is 16.4. The van der Waals surface area contributed by atoms with Crippen LogP contribution < -0.4 is 4.72 Å². The van der Waals surface area contributed by atoms with Gasteiger partial charge in [-0.05, 0) is 38.0 Å². The van der Waals surface area contributed by atoms with Crippen LogP contribution in [0.5, 0.6) is 0 Å². The maximum Gasteiger partial charge on any atom is 0.417 e. The Morgan fingerprint density at radius 1 is 1.39 bits per heavy atom. The summed E-state index contributed by atoms with van der Waals surface area (Å²) in [6, 6.07) is 2.31. The van der Waals surface area contributed by atoms with Crippen molar-refractivity contribution < 1.29 is 30.9 Å². The summed E-state index contributed by atoms with van der Waals surface area (Å²) in [7, 11) is -4.25. The van der Waals surface area contributed by atoms with E-state index in [2.05, 4.69) is 14.9 Å². The summed E-state index contributed by atoms with van der Waals surface area (Å²) in [6.45, 7) is 2.33. The molecule has 13 heteroatoms. The minimum atomic E-state index is -4.79. The number of likely N-dealkylation sites (tertiary alicyclic amines) is 1. The van der Waals surface area contributed by atoms with Gasteiger partial charge in [-0.3, -0.25) is 4.79 Å². The van der Waals surface area contributed by atoms with Crippen molar-refractivity contribution in [3.8, 4) is 0 Å². The van der Waals surface area contributed by atoms with E-state index in [0.29, 0.717) is 30.9 Å². The molecule has 1 atom stereocenters. The number of carbonyl (C=O) groups is 1. The molecule has 31 heavy (non-hydrogen) atoms. The molecule has 1 aromatic heterocycles. The Morgan fingerprint density at radius 3 is 2.77 bits per heavy atom. The molecule has 1 aliphatic rings. The lowest BCUT2D eigenvalue weighted by Crippen LogP contribution is -2.40. The summed E-state index contributed by atoms with van der Waals surface area (Å²) < 4.78 is 70.9. The summed E-state index contributed by atoms with van der Waals surface area (Å²) in [5.74, 6) is 0.587. The van der Waals surface area contributed by atoms with Crippen LogP contribution in [0.1, 0.15) is 42.5 Å². The highest BCUT2D eigenvalue weighted by atomic mass is 35.5. The standard InChI is InChI=1S/C18H20ClF3N4O4S/c1-11-24-17(30-25-11)12-3-2-8-26(10-12)16(27)6-7-23-31(28,29)13-4-5-15(19)14(9-13)18(20,21)22/h4-5,9,12,23H,2-3,6-8,10H2,1H3. The molecule has 2 aromatic rings. The number of amides is 1. The van der Waals surface area contributed by atoms with Gasteiger partial charge in [0.05, 0.1) is 21.4 Å². The number of piperidine rings is 1. The van der Waals surface area contributed by atoms with Gasteiger partial charge in [0, 0.05) is 26.1 Å². The Labute approximate surface area is 181 Å². The maximum atomic E-state index is 13.0. The van der Waals surface area contributed by atoms with Gasteiger partial charge in [0.25, 0.3) is 0 Å². The van der Waals surface area contributed by atoms with Crippen LogP contribution in [0.4, 0.5) is 13.2 Å². The maximum absolute atomic E-state index is 13.0. The van der Waals surface area contributed by atoms with Crippen molar-refractivity contribution in [2.45, 2.75) is 43.2 Å². The minimum absolute atomic E-state index is 0.0922. The topological polar surface area (TPSA) is 105 Å². The predicted octanol–water partition coefficient (Wildman–Crippen LogP) is 3.12. The van der Waals surface area contributed by atoms with Crippen molar-refractivity contribution in [2.75, 3.05) is 19.6 Å². The van der Waals surface area contributed by atoms with E-state index in [-0.39, 0.29) is 24.8 Å². The SMILES string of the molecule is Cc1noc(C2CCCN(C(=O)CCNS(=O)(=O)c3ccc(Cl)c(C(F)(F)F)c3)C2)n1. The van der Waals surface area contributed by atoms with Crippen LogP contribution in [0.25, 0.3) is 0 Å². The average molecular weight is 481 g/mol. The quantitative estimate of drug-likeness (QED) is 0.681. The first kappa shape index (κ1) is 23.5. The second-order valence-electron chi connectivity index (χ2n) is 7.15. The Bertz CT molecular complexity index is 1060. The Morgan fingerprint density at radius 2 is 2.13 bits per heavy atom. The van der Waals surface area contributed by atoms with Crippen LogP contribution in [0.2, 0.25) is 5.02 Å².